The van der Waals surface area contributed by atoms with E-state index in [0.717, 1.165) is 0 Å². The summed E-state index contributed by atoms with van der Waals surface area (Å²) >= 11 is 3.13. The standard InChI is InChI=1S/C8H4BrF3N2/c9-4-2-1-3-5-6(4)14-7(13-5)8(10,11)12/h1-3H,(H,13,14). The summed E-state index contributed by atoms with van der Waals surface area (Å²) in [5.74, 6) is -0.973. The Kier molecular flexibility index (Phi) is 2.02. The van der Waals surface area contributed by atoms with Crippen molar-refractivity contribution in [2.24, 2.45) is 0 Å². The molecule has 1 aromatic carbocycles. The van der Waals surface area contributed by atoms with Gasteiger partial charge in [-0.15, -0.1) is 0 Å². The molecule has 74 valence electrons. The molecule has 2 aromatic rings. The minimum absolute atomic E-state index is 0.292. The summed E-state index contributed by atoms with van der Waals surface area (Å²) in [5.41, 5.74) is 0.659. The molecule has 1 heterocycles. The van der Waals surface area contributed by atoms with E-state index < -0.39 is 12.0 Å². The Morgan fingerprint density at radius 1 is 1.29 bits per heavy atom. The number of para-hydroxylation sites is 1. The number of imidazole rings is 1. The Morgan fingerprint density at radius 2 is 2.00 bits per heavy atom. The van der Waals surface area contributed by atoms with E-state index >= 15 is 0 Å². The predicted molar refractivity (Wildman–Crippen MR) is 48.8 cm³/mol. The van der Waals surface area contributed by atoms with Crippen molar-refractivity contribution in [3.8, 4) is 0 Å². The summed E-state index contributed by atoms with van der Waals surface area (Å²) in [6.07, 6.45) is -4.43. The van der Waals surface area contributed by atoms with Crippen LogP contribution in [0.15, 0.2) is 22.7 Å². The highest BCUT2D eigenvalue weighted by Gasteiger charge is 2.34. The first-order valence-corrected chi connectivity index (χ1v) is 4.49. The van der Waals surface area contributed by atoms with E-state index in [2.05, 4.69) is 25.9 Å². The normalized spacial score (nSPS) is 12.3. The maximum atomic E-state index is 12.2. The molecule has 6 heteroatoms. The molecule has 1 N–H and O–H groups in total. The molecule has 0 saturated carbocycles. The number of H-pyrrole nitrogens is 1. The van der Waals surface area contributed by atoms with E-state index in [1.807, 2.05) is 0 Å². The van der Waals surface area contributed by atoms with Crippen molar-refractivity contribution in [2.45, 2.75) is 6.18 Å². The first kappa shape index (κ1) is 9.51. The number of aromatic amines is 1. The Labute approximate surface area is 85.3 Å². The summed E-state index contributed by atoms with van der Waals surface area (Å²) in [6, 6.07) is 4.83. The zero-order chi connectivity index (χ0) is 10.3. The van der Waals surface area contributed by atoms with Crippen LogP contribution in [0.1, 0.15) is 5.82 Å². The molecule has 14 heavy (non-hydrogen) atoms. The fourth-order valence-corrected chi connectivity index (χ4v) is 1.59. The van der Waals surface area contributed by atoms with E-state index in [-0.39, 0.29) is 0 Å². The van der Waals surface area contributed by atoms with Gasteiger partial charge in [-0.2, -0.15) is 13.2 Å². The van der Waals surface area contributed by atoms with Crippen LogP contribution in [-0.2, 0) is 6.18 Å². The minimum Gasteiger partial charge on any atom is -0.334 e. The average Bonchev–Trinajstić information content (AvgIpc) is 2.48. The lowest BCUT2D eigenvalue weighted by atomic mass is 10.3. The van der Waals surface area contributed by atoms with Gasteiger partial charge in [-0.05, 0) is 28.1 Å². The summed E-state index contributed by atoms with van der Waals surface area (Å²) in [7, 11) is 0. The van der Waals surface area contributed by atoms with Crippen molar-refractivity contribution in [1.82, 2.24) is 9.97 Å². The number of alkyl halides is 3. The maximum Gasteiger partial charge on any atom is 0.449 e. The van der Waals surface area contributed by atoms with E-state index in [4.69, 9.17) is 0 Å². The highest BCUT2D eigenvalue weighted by Crippen LogP contribution is 2.30. The van der Waals surface area contributed by atoms with Gasteiger partial charge in [0.15, 0.2) is 0 Å². The van der Waals surface area contributed by atoms with Crippen molar-refractivity contribution in [3.05, 3.63) is 28.5 Å². The van der Waals surface area contributed by atoms with Gasteiger partial charge in [0, 0.05) is 4.47 Å². The van der Waals surface area contributed by atoms with E-state index in [1.165, 1.54) is 0 Å². The molecule has 1 aromatic heterocycles. The Morgan fingerprint density at radius 3 is 2.57 bits per heavy atom. The molecule has 0 fully saturated rings. The molecule has 0 saturated heterocycles. The highest BCUT2D eigenvalue weighted by molar-refractivity contribution is 9.10. The van der Waals surface area contributed by atoms with Gasteiger partial charge >= 0.3 is 6.18 Å². The van der Waals surface area contributed by atoms with Crippen molar-refractivity contribution in [3.63, 3.8) is 0 Å². The molecule has 0 spiro atoms. The van der Waals surface area contributed by atoms with Gasteiger partial charge in [0.25, 0.3) is 0 Å². The molecule has 0 radical (unpaired) electrons. The van der Waals surface area contributed by atoms with Crippen LogP contribution in [-0.4, -0.2) is 9.97 Å². The van der Waals surface area contributed by atoms with E-state index in [9.17, 15) is 13.2 Å². The largest absolute Gasteiger partial charge is 0.449 e. The van der Waals surface area contributed by atoms with Gasteiger partial charge in [0.1, 0.15) is 5.52 Å². The van der Waals surface area contributed by atoms with Crippen molar-refractivity contribution in [1.29, 1.82) is 0 Å². The first-order valence-electron chi connectivity index (χ1n) is 3.70. The fraction of sp³-hybridized carbons (Fsp3) is 0.125. The van der Waals surface area contributed by atoms with E-state index in [1.54, 1.807) is 18.2 Å². The number of benzene rings is 1. The topological polar surface area (TPSA) is 28.7 Å². The van der Waals surface area contributed by atoms with Crippen LogP contribution in [0.25, 0.3) is 11.0 Å². The lowest BCUT2D eigenvalue weighted by molar-refractivity contribution is -0.144. The Bertz CT molecular complexity index is 475. The average molecular weight is 265 g/mol. The third-order valence-corrected chi connectivity index (χ3v) is 2.37. The number of nitrogens with zero attached hydrogens (tertiary/aromatic N) is 1. The highest BCUT2D eigenvalue weighted by atomic mass is 79.9. The molecular formula is C8H4BrF3N2. The van der Waals surface area contributed by atoms with Gasteiger partial charge in [-0.1, -0.05) is 6.07 Å². The van der Waals surface area contributed by atoms with Crippen LogP contribution in [0.5, 0.6) is 0 Å². The second-order valence-corrected chi connectivity index (χ2v) is 3.57. The molecule has 2 rings (SSSR count). The van der Waals surface area contributed by atoms with Crippen molar-refractivity contribution in [2.75, 3.05) is 0 Å². The molecule has 0 atom stereocenters. The minimum atomic E-state index is -4.43. The second-order valence-electron chi connectivity index (χ2n) is 2.72. The van der Waals surface area contributed by atoms with Crippen molar-refractivity contribution >= 4 is 27.0 Å². The molecule has 2 nitrogen and oxygen atoms in total. The molecular weight excluding hydrogens is 261 g/mol. The summed E-state index contributed by atoms with van der Waals surface area (Å²) in [4.78, 5) is 5.67. The summed E-state index contributed by atoms with van der Waals surface area (Å²) < 4.78 is 37.3. The summed E-state index contributed by atoms with van der Waals surface area (Å²) in [6.45, 7) is 0. The number of fused-ring (bicyclic) bond motifs is 1. The number of rotatable bonds is 0. The predicted octanol–water partition coefficient (Wildman–Crippen LogP) is 3.34. The third-order valence-electron chi connectivity index (χ3n) is 1.73. The fourth-order valence-electron chi connectivity index (χ4n) is 1.13. The van der Waals surface area contributed by atoms with Crippen molar-refractivity contribution < 1.29 is 13.2 Å². The Hall–Kier alpha value is -1.04. The van der Waals surface area contributed by atoms with Crippen LogP contribution < -0.4 is 0 Å². The monoisotopic (exact) mass is 264 g/mol. The zero-order valence-electron chi connectivity index (χ0n) is 6.69. The first-order chi connectivity index (χ1) is 6.48. The zero-order valence-corrected chi connectivity index (χ0v) is 8.28. The maximum absolute atomic E-state index is 12.2. The summed E-state index contributed by atoms with van der Waals surface area (Å²) in [5, 5.41) is 0. The Balaban J connectivity index is 2.69. The van der Waals surface area contributed by atoms with Crippen LogP contribution in [0, 0.1) is 0 Å². The van der Waals surface area contributed by atoms with Crippen LogP contribution >= 0.6 is 15.9 Å². The second kappa shape index (κ2) is 2.98. The smallest absolute Gasteiger partial charge is 0.334 e. The quantitative estimate of drug-likeness (QED) is 0.777. The van der Waals surface area contributed by atoms with Crippen LogP contribution in [0.4, 0.5) is 13.2 Å². The molecule has 0 unspecified atom stereocenters. The van der Waals surface area contributed by atoms with Gasteiger partial charge in [0.2, 0.25) is 5.82 Å². The lowest BCUT2D eigenvalue weighted by Gasteiger charge is -1.98. The number of halogens is 4. The molecule has 0 aliphatic carbocycles. The number of hydrogen-bond acceptors (Lipinski definition) is 1. The molecule has 0 bridgehead atoms. The molecule has 0 aliphatic rings. The van der Waals surface area contributed by atoms with Gasteiger partial charge in [0.05, 0.1) is 5.52 Å². The van der Waals surface area contributed by atoms with E-state index in [0.29, 0.717) is 15.5 Å². The van der Waals surface area contributed by atoms with Crippen LogP contribution in [0.3, 0.4) is 0 Å². The van der Waals surface area contributed by atoms with Gasteiger partial charge < -0.3 is 4.98 Å². The molecule has 0 amide bonds. The third kappa shape index (κ3) is 1.50. The van der Waals surface area contributed by atoms with Gasteiger partial charge in [-0.25, -0.2) is 4.98 Å². The van der Waals surface area contributed by atoms with Gasteiger partial charge in [-0.3, -0.25) is 0 Å². The number of nitrogens with one attached hydrogen (secondary N) is 1. The number of hydrogen-bond donors (Lipinski definition) is 1. The van der Waals surface area contributed by atoms with Crippen LogP contribution in [0.2, 0.25) is 0 Å². The molecule has 0 aliphatic heterocycles. The number of aromatic nitrogens is 2. The SMILES string of the molecule is FC(F)(F)c1nc2c(Br)cccc2[nH]1. The lowest BCUT2D eigenvalue weighted by Crippen LogP contribution is -2.06.